The van der Waals surface area contributed by atoms with Crippen LogP contribution in [0.5, 0.6) is 0 Å². The van der Waals surface area contributed by atoms with E-state index in [1.807, 2.05) is 71.9 Å². The van der Waals surface area contributed by atoms with Gasteiger partial charge < -0.3 is 20.1 Å². The van der Waals surface area contributed by atoms with Gasteiger partial charge in [-0.2, -0.15) is 0 Å². The van der Waals surface area contributed by atoms with E-state index < -0.39 is 24.0 Å². The summed E-state index contributed by atoms with van der Waals surface area (Å²) in [5.74, 6) is -1.43. The van der Waals surface area contributed by atoms with Crippen molar-refractivity contribution in [2.75, 3.05) is 25.7 Å². The molecule has 2 N–H and O–H groups in total. The number of methoxy groups -OCH3 is 2. The maximum Gasteiger partial charge on any atom is 0.329 e. The number of benzene rings is 1. The van der Waals surface area contributed by atoms with Gasteiger partial charge in [-0.25, -0.2) is 9.59 Å². The lowest BCUT2D eigenvalue weighted by molar-refractivity contribution is -0.145. The number of hydrogen-bond donors (Lipinski definition) is 2. The lowest BCUT2D eigenvalue weighted by atomic mass is 9.76. The van der Waals surface area contributed by atoms with Crippen LogP contribution in [0.4, 0.5) is 0 Å². The Hall–Kier alpha value is -2.20. The van der Waals surface area contributed by atoms with Crippen LogP contribution in [0.15, 0.2) is 30.3 Å². The highest BCUT2D eigenvalue weighted by atomic mass is 33.1. The van der Waals surface area contributed by atoms with Crippen molar-refractivity contribution in [2.24, 2.45) is 16.7 Å². The van der Waals surface area contributed by atoms with Crippen LogP contribution in [0.3, 0.4) is 0 Å². The van der Waals surface area contributed by atoms with Gasteiger partial charge in [0.1, 0.15) is 12.1 Å². The lowest BCUT2D eigenvalue weighted by Crippen LogP contribution is -2.48. The Morgan fingerprint density at radius 2 is 1.30 bits per heavy atom. The summed E-state index contributed by atoms with van der Waals surface area (Å²) in [5.41, 5.74) is 0.491. The maximum atomic E-state index is 13.3. The summed E-state index contributed by atoms with van der Waals surface area (Å²) in [6.45, 7) is 11.8. The van der Waals surface area contributed by atoms with E-state index in [2.05, 4.69) is 10.6 Å². The molecule has 1 unspecified atom stereocenters. The molecule has 8 nitrogen and oxygen atoms in total. The number of rotatable bonds is 13. The molecular formula is C27H42N2O6S2. The van der Waals surface area contributed by atoms with Gasteiger partial charge in [0, 0.05) is 23.8 Å². The van der Waals surface area contributed by atoms with Crippen LogP contribution >= 0.6 is 21.6 Å². The third-order valence-corrected chi connectivity index (χ3v) is 7.93. The highest BCUT2D eigenvalue weighted by molar-refractivity contribution is 8.76. The van der Waals surface area contributed by atoms with Crippen molar-refractivity contribution >= 4 is 45.3 Å². The first-order chi connectivity index (χ1) is 17.2. The van der Waals surface area contributed by atoms with Crippen molar-refractivity contribution in [3.63, 3.8) is 0 Å². The SMILES string of the molecule is COC(=O)[C@H](CSSC[C@H](NC(=O)C(Cc1ccccc1)C(C)(C)C)C(=O)OC)NC(=O)CC(C)(C)C. The van der Waals surface area contributed by atoms with Gasteiger partial charge in [-0.15, -0.1) is 0 Å². The highest BCUT2D eigenvalue weighted by Crippen LogP contribution is 2.30. The molecule has 1 aromatic carbocycles. The maximum absolute atomic E-state index is 13.3. The summed E-state index contributed by atoms with van der Waals surface area (Å²) < 4.78 is 9.75. The minimum Gasteiger partial charge on any atom is -0.467 e. The first kappa shape index (κ1) is 32.8. The van der Waals surface area contributed by atoms with E-state index >= 15 is 0 Å². The second-order valence-corrected chi connectivity index (χ2v) is 13.7. The molecule has 0 aliphatic carbocycles. The van der Waals surface area contributed by atoms with Crippen molar-refractivity contribution in [2.45, 2.75) is 66.5 Å². The van der Waals surface area contributed by atoms with E-state index in [-0.39, 0.29) is 46.5 Å². The molecule has 3 atom stereocenters. The van der Waals surface area contributed by atoms with Crippen molar-refractivity contribution in [1.82, 2.24) is 10.6 Å². The average Bonchev–Trinajstić information content (AvgIpc) is 2.81. The summed E-state index contributed by atoms with van der Waals surface area (Å²) >= 11 is 0. The Kier molecular flexibility index (Phi) is 13.5. The molecule has 0 radical (unpaired) electrons. The second kappa shape index (κ2) is 15.3. The minimum absolute atomic E-state index is 0.218. The first-order valence-corrected chi connectivity index (χ1v) is 14.7. The molecule has 208 valence electrons. The van der Waals surface area contributed by atoms with E-state index in [1.165, 1.54) is 35.8 Å². The zero-order valence-electron chi connectivity index (χ0n) is 23.2. The summed E-state index contributed by atoms with van der Waals surface area (Å²) in [5, 5.41) is 5.59. The molecule has 0 heterocycles. The zero-order valence-corrected chi connectivity index (χ0v) is 24.8. The van der Waals surface area contributed by atoms with Crippen molar-refractivity contribution in [3.8, 4) is 0 Å². The normalized spacial score (nSPS) is 14.2. The largest absolute Gasteiger partial charge is 0.467 e. The Morgan fingerprint density at radius 1 is 0.811 bits per heavy atom. The molecule has 0 saturated heterocycles. The number of hydrogen-bond acceptors (Lipinski definition) is 8. The van der Waals surface area contributed by atoms with E-state index in [0.29, 0.717) is 6.42 Å². The van der Waals surface area contributed by atoms with Crippen LogP contribution in [0.1, 0.15) is 53.5 Å². The van der Waals surface area contributed by atoms with Crippen molar-refractivity contribution in [1.29, 1.82) is 0 Å². The van der Waals surface area contributed by atoms with Crippen LogP contribution < -0.4 is 10.6 Å². The van der Waals surface area contributed by atoms with Gasteiger partial charge in [-0.05, 0) is 22.8 Å². The number of amides is 2. The monoisotopic (exact) mass is 554 g/mol. The standard InChI is InChI=1S/C27H42N2O6S2/c1-26(2,3)15-22(30)28-20(24(32)34-7)16-36-37-17-21(25(33)35-8)29-23(31)19(27(4,5)6)14-18-12-10-9-11-13-18/h9-13,19-21H,14-17H2,1-8H3,(H,28,30)(H,29,31)/t19?,20-,21-/m0/s1. The molecule has 0 aromatic heterocycles. The summed E-state index contributed by atoms with van der Waals surface area (Å²) in [6.07, 6.45) is 0.813. The molecule has 0 bridgehead atoms. The Bertz CT molecular complexity index is 896. The van der Waals surface area contributed by atoms with Gasteiger partial charge in [0.15, 0.2) is 0 Å². The van der Waals surface area contributed by atoms with Gasteiger partial charge in [0.25, 0.3) is 0 Å². The summed E-state index contributed by atoms with van der Waals surface area (Å²) in [4.78, 5) is 50.2. The van der Waals surface area contributed by atoms with Gasteiger partial charge in [0.05, 0.1) is 14.2 Å². The fraction of sp³-hybridized carbons (Fsp3) is 0.630. The zero-order chi connectivity index (χ0) is 28.2. The number of carbonyl (C=O) groups is 4. The van der Waals surface area contributed by atoms with E-state index in [4.69, 9.17) is 9.47 Å². The van der Waals surface area contributed by atoms with Crippen LogP contribution in [0.25, 0.3) is 0 Å². The number of nitrogens with one attached hydrogen (secondary N) is 2. The van der Waals surface area contributed by atoms with Gasteiger partial charge in [-0.1, -0.05) is 93.5 Å². The smallest absolute Gasteiger partial charge is 0.329 e. The van der Waals surface area contributed by atoms with E-state index in [1.54, 1.807) is 0 Å². The molecule has 1 aromatic rings. The average molecular weight is 555 g/mol. The van der Waals surface area contributed by atoms with Crippen LogP contribution in [-0.4, -0.2) is 61.6 Å². The predicted molar refractivity (Wildman–Crippen MR) is 150 cm³/mol. The Balaban J connectivity index is 2.79. The Labute approximate surface area is 229 Å². The van der Waals surface area contributed by atoms with Gasteiger partial charge in [0.2, 0.25) is 11.8 Å². The quantitative estimate of drug-likeness (QED) is 0.214. The molecule has 0 spiro atoms. The second-order valence-electron chi connectivity index (χ2n) is 11.1. The first-order valence-electron chi connectivity index (χ1n) is 12.2. The highest BCUT2D eigenvalue weighted by Gasteiger charge is 2.34. The molecule has 37 heavy (non-hydrogen) atoms. The number of esters is 2. The fourth-order valence-corrected chi connectivity index (χ4v) is 5.79. The molecule has 0 aliphatic rings. The predicted octanol–water partition coefficient (Wildman–Crippen LogP) is 4.02. The molecule has 0 fully saturated rings. The van der Waals surface area contributed by atoms with Crippen LogP contribution in [-0.2, 0) is 35.1 Å². The topological polar surface area (TPSA) is 111 Å². The fourth-order valence-electron chi connectivity index (χ4n) is 3.50. The van der Waals surface area contributed by atoms with Crippen molar-refractivity contribution in [3.05, 3.63) is 35.9 Å². The molecular weight excluding hydrogens is 512 g/mol. The van der Waals surface area contributed by atoms with Crippen LogP contribution in [0, 0.1) is 16.7 Å². The van der Waals surface area contributed by atoms with E-state index in [0.717, 1.165) is 5.56 Å². The molecule has 0 saturated carbocycles. The summed E-state index contributed by atoms with van der Waals surface area (Å²) in [7, 11) is 5.17. The van der Waals surface area contributed by atoms with Gasteiger partial charge in [-0.3, -0.25) is 9.59 Å². The third kappa shape index (κ3) is 12.7. The van der Waals surface area contributed by atoms with Gasteiger partial charge >= 0.3 is 11.9 Å². The van der Waals surface area contributed by atoms with Crippen LogP contribution in [0.2, 0.25) is 0 Å². The lowest BCUT2D eigenvalue weighted by Gasteiger charge is -2.31. The molecule has 10 heteroatoms. The minimum atomic E-state index is -0.859. The molecule has 0 aliphatic heterocycles. The molecule has 2 amide bonds. The number of ether oxygens (including phenoxy) is 2. The number of carbonyl (C=O) groups excluding carboxylic acids is 4. The Morgan fingerprint density at radius 3 is 1.73 bits per heavy atom. The van der Waals surface area contributed by atoms with E-state index in [9.17, 15) is 19.2 Å². The molecule has 1 rings (SSSR count). The summed E-state index contributed by atoms with van der Waals surface area (Å²) in [6, 6.07) is 8.08. The third-order valence-electron chi connectivity index (χ3n) is 5.51. The van der Waals surface area contributed by atoms with Crippen molar-refractivity contribution < 1.29 is 28.7 Å².